The van der Waals surface area contributed by atoms with Crippen LogP contribution >= 0.6 is 23.2 Å². The number of rotatable bonds is 6. The highest BCUT2D eigenvalue weighted by Gasteiger charge is 2.13. The Morgan fingerprint density at radius 2 is 2.08 bits per heavy atom. The number of carbonyl (C=O) groups is 1. The maximum Gasteiger partial charge on any atom is 0.320 e. The molecule has 0 unspecified atom stereocenters. The Morgan fingerprint density at radius 3 is 2.75 bits per heavy atom. The van der Waals surface area contributed by atoms with Crippen LogP contribution in [0.15, 0.2) is 30.5 Å². The number of benzene rings is 1. The van der Waals surface area contributed by atoms with Gasteiger partial charge in [-0.15, -0.1) is 0 Å². The lowest BCUT2D eigenvalue weighted by Crippen LogP contribution is -2.30. The van der Waals surface area contributed by atoms with Gasteiger partial charge in [0.25, 0.3) is 0 Å². The van der Waals surface area contributed by atoms with Crippen LogP contribution in [0.1, 0.15) is 12.5 Å². The van der Waals surface area contributed by atoms with Crippen molar-refractivity contribution in [3.8, 4) is 5.75 Å². The number of nitrogens with zero attached hydrogens (tertiary/aromatic N) is 1. The van der Waals surface area contributed by atoms with Crippen molar-refractivity contribution >= 4 is 35.1 Å². The zero-order valence-corrected chi connectivity index (χ0v) is 14.4. The molecule has 128 valence electrons. The van der Waals surface area contributed by atoms with Gasteiger partial charge in [0.15, 0.2) is 0 Å². The lowest BCUT2D eigenvalue weighted by atomic mass is 10.1. The summed E-state index contributed by atoms with van der Waals surface area (Å²) in [7, 11) is 0. The molecule has 8 heteroatoms. The van der Waals surface area contributed by atoms with E-state index in [1.807, 2.05) is 6.92 Å². The van der Waals surface area contributed by atoms with Crippen molar-refractivity contribution in [3.05, 3.63) is 51.9 Å². The molecule has 0 spiro atoms. The number of nitrogens with one attached hydrogen (secondary N) is 2. The van der Waals surface area contributed by atoms with E-state index in [1.165, 1.54) is 18.3 Å². The first-order valence-electron chi connectivity index (χ1n) is 7.27. The Labute approximate surface area is 149 Å². The van der Waals surface area contributed by atoms with E-state index in [1.54, 1.807) is 12.1 Å². The van der Waals surface area contributed by atoms with Gasteiger partial charge in [0, 0.05) is 18.3 Å². The fraction of sp³-hybridized carbons (Fsp3) is 0.250. The Balaban J connectivity index is 1.90. The molecule has 1 heterocycles. The second-order valence-electron chi connectivity index (χ2n) is 4.76. The number of carbonyl (C=O) groups excluding carboxylic acids is 1. The van der Waals surface area contributed by atoms with E-state index in [-0.39, 0.29) is 18.0 Å². The Morgan fingerprint density at radius 1 is 1.29 bits per heavy atom. The maximum absolute atomic E-state index is 13.9. The number of urea groups is 1. The predicted molar refractivity (Wildman–Crippen MR) is 92.6 cm³/mol. The summed E-state index contributed by atoms with van der Waals surface area (Å²) in [6.45, 7) is 2.45. The third-order valence-electron chi connectivity index (χ3n) is 3.08. The summed E-state index contributed by atoms with van der Waals surface area (Å²) in [6, 6.07) is 5.51. The summed E-state index contributed by atoms with van der Waals surface area (Å²) in [4.78, 5) is 15.7. The van der Waals surface area contributed by atoms with Crippen LogP contribution in [-0.2, 0) is 6.42 Å². The van der Waals surface area contributed by atoms with Crippen molar-refractivity contribution < 1.29 is 13.9 Å². The first kappa shape index (κ1) is 18.3. The molecule has 0 radical (unpaired) electrons. The lowest BCUT2D eigenvalue weighted by Gasteiger charge is -2.12. The minimum absolute atomic E-state index is 0.200. The quantitative estimate of drug-likeness (QED) is 0.795. The molecule has 1 aromatic carbocycles. The number of pyridine rings is 1. The topological polar surface area (TPSA) is 63.2 Å². The van der Waals surface area contributed by atoms with Gasteiger partial charge >= 0.3 is 6.03 Å². The fourth-order valence-corrected chi connectivity index (χ4v) is 2.40. The standard InChI is InChI=1S/C16H16Cl2FN3O2/c1-2-24-13-5-4-12(19)11(15(13)18)7-8-20-16(23)22-14-6-3-10(17)9-21-14/h3-6,9H,2,7-8H2,1H3,(H2,20,21,22,23). The van der Waals surface area contributed by atoms with Gasteiger partial charge in [0.05, 0.1) is 16.7 Å². The largest absolute Gasteiger partial charge is 0.492 e. The van der Waals surface area contributed by atoms with Gasteiger partial charge < -0.3 is 10.1 Å². The molecule has 0 fully saturated rings. The van der Waals surface area contributed by atoms with E-state index in [9.17, 15) is 9.18 Å². The summed E-state index contributed by atoms with van der Waals surface area (Å²) >= 11 is 11.9. The second kappa shape index (κ2) is 8.70. The normalized spacial score (nSPS) is 10.3. The average molecular weight is 372 g/mol. The van der Waals surface area contributed by atoms with Crippen molar-refractivity contribution in [1.29, 1.82) is 0 Å². The number of halogens is 3. The average Bonchev–Trinajstić information content (AvgIpc) is 2.55. The minimum atomic E-state index is -0.456. The van der Waals surface area contributed by atoms with Crippen molar-refractivity contribution in [1.82, 2.24) is 10.3 Å². The third kappa shape index (κ3) is 4.97. The van der Waals surface area contributed by atoms with Crippen LogP contribution in [0.5, 0.6) is 5.75 Å². The molecule has 0 bridgehead atoms. The molecule has 1 aromatic heterocycles. The number of amides is 2. The summed E-state index contributed by atoms with van der Waals surface area (Å²) in [5.74, 6) is 0.342. The molecule has 0 aliphatic carbocycles. The predicted octanol–water partition coefficient (Wildman–Crippen LogP) is 4.29. The molecule has 5 nitrogen and oxygen atoms in total. The van der Waals surface area contributed by atoms with Crippen LogP contribution in [0.25, 0.3) is 0 Å². The van der Waals surface area contributed by atoms with Gasteiger partial charge in [0.1, 0.15) is 17.4 Å². The maximum atomic E-state index is 13.9. The molecule has 2 rings (SSSR count). The molecular weight excluding hydrogens is 356 g/mol. The van der Waals surface area contributed by atoms with Crippen molar-refractivity contribution in [3.63, 3.8) is 0 Å². The smallest absolute Gasteiger partial charge is 0.320 e. The monoisotopic (exact) mass is 371 g/mol. The van der Waals surface area contributed by atoms with Gasteiger partial charge in [-0.2, -0.15) is 0 Å². The molecule has 2 aromatic rings. The Bertz CT molecular complexity index is 711. The van der Waals surface area contributed by atoms with Gasteiger partial charge in [0.2, 0.25) is 0 Å². The van der Waals surface area contributed by atoms with Crippen LogP contribution < -0.4 is 15.4 Å². The van der Waals surface area contributed by atoms with Gasteiger partial charge in [-0.25, -0.2) is 14.2 Å². The molecule has 0 aliphatic heterocycles. The second-order valence-corrected chi connectivity index (χ2v) is 5.58. The van der Waals surface area contributed by atoms with Crippen LogP contribution in [0.4, 0.5) is 15.0 Å². The minimum Gasteiger partial charge on any atom is -0.492 e. The highest BCUT2D eigenvalue weighted by molar-refractivity contribution is 6.32. The van der Waals surface area contributed by atoms with Gasteiger partial charge in [-0.3, -0.25) is 5.32 Å². The van der Waals surface area contributed by atoms with Crippen molar-refractivity contribution in [2.24, 2.45) is 0 Å². The van der Waals surface area contributed by atoms with Crippen molar-refractivity contribution in [2.75, 3.05) is 18.5 Å². The fourth-order valence-electron chi connectivity index (χ4n) is 1.98. The first-order chi connectivity index (χ1) is 11.5. The zero-order chi connectivity index (χ0) is 17.5. The Kier molecular flexibility index (Phi) is 6.63. The lowest BCUT2D eigenvalue weighted by molar-refractivity contribution is 0.252. The molecule has 0 saturated heterocycles. The van der Waals surface area contributed by atoms with E-state index >= 15 is 0 Å². The summed E-state index contributed by atoms with van der Waals surface area (Å²) in [5.41, 5.74) is 0.299. The van der Waals surface area contributed by atoms with E-state index in [0.717, 1.165) is 0 Å². The number of ether oxygens (including phenoxy) is 1. The number of aromatic nitrogens is 1. The summed E-state index contributed by atoms with van der Waals surface area (Å²) < 4.78 is 19.2. The van der Waals surface area contributed by atoms with Crippen LogP contribution in [0, 0.1) is 5.82 Å². The van der Waals surface area contributed by atoms with Gasteiger partial charge in [-0.1, -0.05) is 23.2 Å². The highest BCUT2D eigenvalue weighted by atomic mass is 35.5. The summed E-state index contributed by atoms with van der Waals surface area (Å²) in [6.07, 6.45) is 1.65. The summed E-state index contributed by atoms with van der Waals surface area (Å²) in [5, 5.41) is 5.85. The Hall–Kier alpha value is -2.05. The molecule has 0 atom stereocenters. The van der Waals surface area contributed by atoms with Crippen molar-refractivity contribution in [2.45, 2.75) is 13.3 Å². The number of hydrogen-bond acceptors (Lipinski definition) is 3. The number of anilines is 1. The zero-order valence-electron chi connectivity index (χ0n) is 12.9. The molecule has 0 saturated carbocycles. The molecule has 2 N–H and O–H groups in total. The molecule has 2 amide bonds. The third-order valence-corrected chi connectivity index (χ3v) is 3.72. The molecule has 0 aliphatic rings. The SMILES string of the molecule is CCOc1ccc(F)c(CCNC(=O)Nc2ccc(Cl)cn2)c1Cl. The van der Waals surface area contributed by atoms with Crippen LogP contribution in [0.2, 0.25) is 10.0 Å². The van der Waals surface area contributed by atoms with E-state index in [0.29, 0.717) is 28.8 Å². The van der Waals surface area contributed by atoms with E-state index in [4.69, 9.17) is 27.9 Å². The van der Waals surface area contributed by atoms with Gasteiger partial charge in [-0.05, 0) is 37.6 Å². The highest BCUT2D eigenvalue weighted by Crippen LogP contribution is 2.30. The van der Waals surface area contributed by atoms with Crippen LogP contribution in [-0.4, -0.2) is 24.2 Å². The van der Waals surface area contributed by atoms with E-state index in [2.05, 4.69) is 15.6 Å². The van der Waals surface area contributed by atoms with Crippen LogP contribution in [0.3, 0.4) is 0 Å². The molecule has 24 heavy (non-hydrogen) atoms. The molecular formula is C16H16Cl2FN3O2. The number of hydrogen-bond donors (Lipinski definition) is 2. The van der Waals surface area contributed by atoms with E-state index < -0.39 is 11.8 Å². The first-order valence-corrected chi connectivity index (χ1v) is 8.03.